The molecule has 1 aliphatic rings. The van der Waals surface area contributed by atoms with Crippen LogP contribution >= 0.6 is 0 Å². The van der Waals surface area contributed by atoms with Gasteiger partial charge in [0.05, 0.1) is 6.04 Å². The fourth-order valence-electron chi connectivity index (χ4n) is 2.56. The summed E-state index contributed by atoms with van der Waals surface area (Å²) in [7, 11) is 0. The third-order valence-corrected chi connectivity index (χ3v) is 3.81. The van der Waals surface area contributed by atoms with Gasteiger partial charge in [-0.1, -0.05) is 36.8 Å². The van der Waals surface area contributed by atoms with E-state index in [2.05, 4.69) is 10.6 Å². The minimum atomic E-state index is -0.977. The number of carbonyl (C=O) groups is 2. The van der Waals surface area contributed by atoms with Crippen molar-refractivity contribution in [2.75, 3.05) is 6.54 Å². The molecule has 1 amide bonds. The van der Waals surface area contributed by atoms with E-state index in [4.69, 9.17) is 0 Å². The minimum Gasteiger partial charge on any atom is -0.480 e. The number of carboxylic acids is 1. The predicted molar refractivity (Wildman–Crippen MR) is 80.0 cm³/mol. The lowest BCUT2D eigenvalue weighted by Gasteiger charge is -2.24. The van der Waals surface area contributed by atoms with Crippen molar-refractivity contribution in [3.63, 3.8) is 0 Å². The van der Waals surface area contributed by atoms with Gasteiger partial charge in [0.25, 0.3) is 0 Å². The quantitative estimate of drug-likeness (QED) is 0.738. The van der Waals surface area contributed by atoms with Crippen molar-refractivity contribution in [2.24, 2.45) is 0 Å². The van der Waals surface area contributed by atoms with Crippen molar-refractivity contribution < 1.29 is 14.7 Å². The van der Waals surface area contributed by atoms with Gasteiger partial charge >= 0.3 is 5.97 Å². The molecule has 0 spiro atoms. The van der Waals surface area contributed by atoms with Crippen LogP contribution in [0.25, 0.3) is 0 Å². The first-order chi connectivity index (χ1) is 10.2. The Hall–Kier alpha value is -1.88. The monoisotopic (exact) mass is 290 g/mol. The Morgan fingerprint density at radius 3 is 2.67 bits per heavy atom. The SMILES string of the molecule is O=C(O)C(CCc1ccccc1)NC(=O)C1CCCCN1. The van der Waals surface area contributed by atoms with E-state index in [0.717, 1.165) is 31.4 Å². The molecule has 2 atom stereocenters. The molecule has 5 nitrogen and oxygen atoms in total. The van der Waals surface area contributed by atoms with Gasteiger partial charge < -0.3 is 15.7 Å². The lowest BCUT2D eigenvalue weighted by molar-refractivity contribution is -0.142. The van der Waals surface area contributed by atoms with Gasteiger partial charge in [0.2, 0.25) is 5.91 Å². The first-order valence-corrected chi connectivity index (χ1v) is 7.47. The predicted octanol–water partition coefficient (Wildman–Crippen LogP) is 1.33. The Morgan fingerprint density at radius 2 is 2.05 bits per heavy atom. The van der Waals surface area contributed by atoms with Crippen molar-refractivity contribution >= 4 is 11.9 Å². The van der Waals surface area contributed by atoms with Gasteiger partial charge in [-0.2, -0.15) is 0 Å². The van der Waals surface area contributed by atoms with Crippen LogP contribution in [0.15, 0.2) is 30.3 Å². The van der Waals surface area contributed by atoms with Crippen molar-refractivity contribution in [2.45, 2.75) is 44.2 Å². The molecule has 21 heavy (non-hydrogen) atoms. The van der Waals surface area contributed by atoms with Crippen LogP contribution in [0, 0.1) is 0 Å². The molecule has 2 rings (SSSR count). The van der Waals surface area contributed by atoms with E-state index in [1.54, 1.807) is 0 Å². The largest absolute Gasteiger partial charge is 0.480 e. The highest BCUT2D eigenvalue weighted by atomic mass is 16.4. The van der Waals surface area contributed by atoms with E-state index >= 15 is 0 Å². The van der Waals surface area contributed by atoms with Crippen LogP contribution in [-0.4, -0.2) is 35.6 Å². The number of benzene rings is 1. The number of hydrogen-bond acceptors (Lipinski definition) is 3. The van der Waals surface area contributed by atoms with Crippen LogP contribution in [0.3, 0.4) is 0 Å². The van der Waals surface area contributed by atoms with Crippen LogP contribution in [-0.2, 0) is 16.0 Å². The number of piperidine rings is 1. The van der Waals surface area contributed by atoms with Gasteiger partial charge in [-0.05, 0) is 37.8 Å². The lowest BCUT2D eigenvalue weighted by atomic mass is 10.0. The summed E-state index contributed by atoms with van der Waals surface area (Å²) < 4.78 is 0. The molecule has 1 heterocycles. The molecule has 0 saturated carbocycles. The van der Waals surface area contributed by atoms with Gasteiger partial charge in [0.15, 0.2) is 0 Å². The third kappa shape index (κ3) is 4.86. The molecule has 0 aromatic heterocycles. The first-order valence-electron chi connectivity index (χ1n) is 7.47. The smallest absolute Gasteiger partial charge is 0.326 e. The van der Waals surface area contributed by atoms with Gasteiger partial charge in [0, 0.05) is 0 Å². The van der Waals surface area contributed by atoms with Crippen LogP contribution in [0.1, 0.15) is 31.2 Å². The molecule has 2 unspecified atom stereocenters. The van der Waals surface area contributed by atoms with Crippen molar-refractivity contribution in [1.82, 2.24) is 10.6 Å². The zero-order valence-corrected chi connectivity index (χ0v) is 12.0. The average Bonchev–Trinajstić information content (AvgIpc) is 2.52. The Kier molecular flexibility index (Phi) is 5.75. The molecule has 114 valence electrons. The Morgan fingerprint density at radius 1 is 1.29 bits per heavy atom. The molecule has 1 aromatic rings. The molecule has 1 fully saturated rings. The fourth-order valence-corrected chi connectivity index (χ4v) is 2.56. The van der Waals surface area contributed by atoms with Crippen LogP contribution in [0.2, 0.25) is 0 Å². The van der Waals surface area contributed by atoms with Crippen molar-refractivity contribution in [3.05, 3.63) is 35.9 Å². The van der Waals surface area contributed by atoms with E-state index in [9.17, 15) is 14.7 Å². The number of nitrogens with one attached hydrogen (secondary N) is 2. The molecule has 5 heteroatoms. The normalized spacial score (nSPS) is 19.7. The van der Waals surface area contributed by atoms with Crippen molar-refractivity contribution in [1.29, 1.82) is 0 Å². The second-order valence-electron chi connectivity index (χ2n) is 5.43. The minimum absolute atomic E-state index is 0.199. The number of amides is 1. The number of carboxylic acid groups (broad SMARTS) is 1. The number of rotatable bonds is 6. The summed E-state index contributed by atoms with van der Waals surface area (Å²) in [4.78, 5) is 23.4. The average molecular weight is 290 g/mol. The van der Waals surface area contributed by atoms with E-state index in [-0.39, 0.29) is 11.9 Å². The molecule has 1 saturated heterocycles. The number of aryl methyl sites for hydroxylation is 1. The molecular formula is C16H22N2O3. The van der Waals surface area contributed by atoms with E-state index < -0.39 is 12.0 Å². The number of carbonyl (C=O) groups excluding carboxylic acids is 1. The molecule has 0 bridgehead atoms. The molecular weight excluding hydrogens is 268 g/mol. The summed E-state index contributed by atoms with van der Waals surface area (Å²) in [5, 5.41) is 15.1. The highest BCUT2D eigenvalue weighted by Gasteiger charge is 2.25. The summed E-state index contributed by atoms with van der Waals surface area (Å²) in [6.45, 7) is 0.819. The van der Waals surface area contributed by atoms with E-state index in [1.165, 1.54) is 0 Å². The summed E-state index contributed by atoms with van der Waals surface area (Å²) in [6, 6.07) is 8.62. The zero-order chi connectivity index (χ0) is 15.1. The maximum absolute atomic E-state index is 12.1. The number of aliphatic carboxylic acids is 1. The molecule has 1 aliphatic heterocycles. The molecule has 0 radical (unpaired) electrons. The Balaban J connectivity index is 1.86. The summed E-state index contributed by atoms with van der Waals surface area (Å²) in [5.74, 6) is -1.18. The van der Waals surface area contributed by atoms with Crippen LogP contribution in [0.5, 0.6) is 0 Å². The highest BCUT2D eigenvalue weighted by molar-refractivity contribution is 5.86. The van der Waals surface area contributed by atoms with Gasteiger partial charge in [-0.15, -0.1) is 0 Å². The van der Waals surface area contributed by atoms with Crippen molar-refractivity contribution in [3.8, 4) is 0 Å². The fraction of sp³-hybridized carbons (Fsp3) is 0.500. The lowest BCUT2D eigenvalue weighted by Crippen LogP contribution is -2.51. The summed E-state index contributed by atoms with van der Waals surface area (Å²) >= 11 is 0. The second kappa shape index (κ2) is 7.78. The first kappa shape index (κ1) is 15.5. The zero-order valence-electron chi connectivity index (χ0n) is 12.0. The highest BCUT2D eigenvalue weighted by Crippen LogP contribution is 2.09. The Labute approximate surface area is 124 Å². The molecule has 1 aromatic carbocycles. The second-order valence-corrected chi connectivity index (χ2v) is 5.43. The topological polar surface area (TPSA) is 78.4 Å². The number of hydrogen-bond donors (Lipinski definition) is 3. The molecule has 3 N–H and O–H groups in total. The standard InChI is InChI=1S/C16H22N2O3/c19-15(13-8-4-5-11-17-13)18-14(16(20)21)10-9-12-6-2-1-3-7-12/h1-3,6-7,13-14,17H,4-5,8-11H2,(H,18,19)(H,20,21). The Bertz CT molecular complexity index is 470. The maximum Gasteiger partial charge on any atom is 0.326 e. The summed E-state index contributed by atoms with van der Waals surface area (Å²) in [6.07, 6.45) is 3.89. The van der Waals surface area contributed by atoms with Gasteiger partial charge in [-0.25, -0.2) is 4.79 Å². The van der Waals surface area contributed by atoms with E-state index in [1.807, 2.05) is 30.3 Å². The third-order valence-electron chi connectivity index (χ3n) is 3.81. The van der Waals surface area contributed by atoms with Gasteiger partial charge in [0.1, 0.15) is 6.04 Å². The van der Waals surface area contributed by atoms with Gasteiger partial charge in [-0.3, -0.25) is 4.79 Å². The summed E-state index contributed by atoms with van der Waals surface area (Å²) in [5.41, 5.74) is 1.08. The van der Waals surface area contributed by atoms with Crippen LogP contribution < -0.4 is 10.6 Å². The molecule has 0 aliphatic carbocycles. The maximum atomic E-state index is 12.1. The van der Waals surface area contributed by atoms with Crippen LogP contribution in [0.4, 0.5) is 0 Å². The van der Waals surface area contributed by atoms with E-state index in [0.29, 0.717) is 12.8 Å².